The number of nitrogens with one attached hydrogen (secondary N) is 2. The van der Waals surface area contributed by atoms with Crippen LogP contribution in [-0.4, -0.2) is 55.5 Å². The van der Waals surface area contributed by atoms with E-state index in [1.165, 1.54) is 7.11 Å². The Bertz CT molecular complexity index is 960. The van der Waals surface area contributed by atoms with Gasteiger partial charge in [-0.25, -0.2) is 9.59 Å². The molecule has 3 N–H and O–H groups in total. The summed E-state index contributed by atoms with van der Waals surface area (Å²) in [7, 11) is 1.45. The van der Waals surface area contributed by atoms with Crippen LogP contribution in [0, 0.1) is 5.92 Å². The van der Waals surface area contributed by atoms with Crippen LogP contribution in [-0.2, 0) is 19.1 Å². The van der Waals surface area contributed by atoms with Gasteiger partial charge in [0.2, 0.25) is 5.91 Å². The standard InChI is InChI=1S/C25H30N2O6/c1-15(2)22(23(28)26-21(24(29)30)12-13-32-3)27-25(31)33-14-20-18-10-6-4-8-16(18)17-9-5-7-11-19(17)20/h4-11,15,20-22H,12-14H2,1-3H3,(H,26,28)(H,27,31)(H,29,30). The quantitative estimate of drug-likeness (QED) is 0.508. The monoisotopic (exact) mass is 454 g/mol. The molecule has 0 saturated carbocycles. The van der Waals surface area contributed by atoms with E-state index in [4.69, 9.17) is 9.47 Å². The van der Waals surface area contributed by atoms with Crippen molar-refractivity contribution < 1.29 is 29.0 Å². The van der Waals surface area contributed by atoms with Crippen LogP contribution in [0.4, 0.5) is 4.79 Å². The molecule has 8 heteroatoms. The maximum absolute atomic E-state index is 12.7. The molecule has 0 aliphatic heterocycles. The highest BCUT2D eigenvalue weighted by molar-refractivity contribution is 5.89. The number of alkyl carbamates (subject to hydrolysis) is 1. The second-order valence-electron chi connectivity index (χ2n) is 8.37. The van der Waals surface area contributed by atoms with Gasteiger partial charge in [0.25, 0.3) is 0 Å². The number of carboxylic acids is 1. The predicted octanol–water partition coefficient (Wildman–Crippen LogP) is 3.16. The van der Waals surface area contributed by atoms with Gasteiger partial charge in [0.1, 0.15) is 18.7 Å². The number of methoxy groups -OCH3 is 1. The summed E-state index contributed by atoms with van der Waals surface area (Å²) in [5.74, 6) is -2.12. The molecular weight excluding hydrogens is 424 g/mol. The number of hydrogen-bond donors (Lipinski definition) is 3. The van der Waals surface area contributed by atoms with E-state index in [1.807, 2.05) is 36.4 Å². The van der Waals surface area contributed by atoms with E-state index in [2.05, 4.69) is 22.8 Å². The van der Waals surface area contributed by atoms with Crippen molar-refractivity contribution in [3.05, 3.63) is 59.7 Å². The SMILES string of the molecule is COCCC(NC(=O)C(NC(=O)OCC1c2ccccc2-c2ccccc21)C(C)C)C(=O)O. The van der Waals surface area contributed by atoms with Crippen LogP contribution in [0.3, 0.4) is 0 Å². The fourth-order valence-electron chi connectivity index (χ4n) is 4.06. The number of ether oxygens (including phenoxy) is 2. The topological polar surface area (TPSA) is 114 Å². The first-order valence-electron chi connectivity index (χ1n) is 11.0. The number of carbonyl (C=O) groups excluding carboxylic acids is 2. The fourth-order valence-corrected chi connectivity index (χ4v) is 4.06. The first-order valence-corrected chi connectivity index (χ1v) is 11.0. The van der Waals surface area contributed by atoms with Crippen LogP contribution in [0.5, 0.6) is 0 Å². The predicted molar refractivity (Wildman–Crippen MR) is 123 cm³/mol. The van der Waals surface area contributed by atoms with Crippen molar-refractivity contribution in [2.45, 2.75) is 38.3 Å². The van der Waals surface area contributed by atoms with Crippen molar-refractivity contribution in [1.29, 1.82) is 0 Å². The zero-order valence-electron chi connectivity index (χ0n) is 19.0. The van der Waals surface area contributed by atoms with Gasteiger partial charge in [0.15, 0.2) is 0 Å². The van der Waals surface area contributed by atoms with Crippen molar-refractivity contribution in [2.24, 2.45) is 5.92 Å². The van der Waals surface area contributed by atoms with Gasteiger partial charge >= 0.3 is 12.1 Å². The Labute approximate surface area is 193 Å². The molecule has 0 spiro atoms. The molecule has 2 aromatic carbocycles. The van der Waals surface area contributed by atoms with E-state index < -0.39 is 30.1 Å². The summed E-state index contributed by atoms with van der Waals surface area (Å²) in [6.07, 6.45) is -0.609. The maximum Gasteiger partial charge on any atom is 0.407 e. The first-order chi connectivity index (χ1) is 15.8. The highest BCUT2D eigenvalue weighted by Gasteiger charge is 2.31. The van der Waals surface area contributed by atoms with Gasteiger partial charge in [-0.05, 0) is 28.2 Å². The lowest BCUT2D eigenvalue weighted by Gasteiger charge is -2.24. The molecule has 33 heavy (non-hydrogen) atoms. The van der Waals surface area contributed by atoms with Crippen molar-refractivity contribution >= 4 is 18.0 Å². The summed E-state index contributed by atoms with van der Waals surface area (Å²) in [6.45, 7) is 3.83. The van der Waals surface area contributed by atoms with Crippen LogP contribution in [0.2, 0.25) is 0 Å². The molecule has 8 nitrogen and oxygen atoms in total. The van der Waals surface area contributed by atoms with E-state index >= 15 is 0 Å². The minimum absolute atomic E-state index is 0.0973. The van der Waals surface area contributed by atoms with Crippen molar-refractivity contribution in [1.82, 2.24) is 10.6 Å². The molecule has 1 aliphatic carbocycles. The lowest BCUT2D eigenvalue weighted by atomic mass is 9.98. The molecule has 2 aromatic rings. The Morgan fingerprint density at radius 1 is 0.970 bits per heavy atom. The minimum atomic E-state index is -1.16. The van der Waals surface area contributed by atoms with Crippen LogP contribution in [0.15, 0.2) is 48.5 Å². The van der Waals surface area contributed by atoms with Gasteiger partial charge < -0.3 is 25.2 Å². The average Bonchev–Trinajstić information content (AvgIpc) is 3.12. The van der Waals surface area contributed by atoms with Gasteiger partial charge in [-0.2, -0.15) is 0 Å². The van der Waals surface area contributed by atoms with E-state index in [1.54, 1.807) is 13.8 Å². The first kappa shape index (κ1) is 24.3. The number of fused-ring (bicyclic) bond motifs is 3. The second-order valence-corrected chi connectivity index (χ2v) is 8.37. The number of carbonyl (C=O) groups is 3. The summed E-state index contributed by atoms with van der Waals surface area (Å²) < 4.78 is 10.4. The average molecular weight is 455 g/mol. The number of rotatable bonds is 10. The lowest BCUT2D eigenvalue weighted by molar-refractivity contribution is -0.142. The van der Waals surface area contributed by atoms with Gasteiger partial charge in [0.05, 0.1) is 0 Å². The van der Waals surface area contributed by atoms with Crippen LogP contribution in [0.25, 0.3) is 11.1 Å². The zero-order valence-corrected chi connectivity index (χ0v) is 19.0. The van der Waals surface area contributed by atoms with E-state index in [0.717, 1.165) is 22.3 Å². The van der Waals surface area contributed by atoms with Gasteiger partial charge in [-0.15, -0.1) is 0 Å². The number of benzene rings is 2. The van der Waals surface area contributed by atoms with E-state index in [0.29, 0.717) is 0 Å². The molecule has 0 saturated heterocycles. The molecule has 0 bridgehead atoms. The van der Waals surface area contributed by atoms with Crippen LogP contribution in [0.1, 0.15) is 37.3 Å². The van der Waals surface area contributed by atoms with E-state index in [-0.39, 0.29) is 31.5 Å². The Morgan fingerprint density at radius 2 is 1.55 bits per heavy atom. The lowest BCUT2D eigenvalue weighted by Crippen LogP contribution is -2.54. The molecule has 2 atom stereocenters. The maximum atomic E-state index is 12.7. The third-order valence-corrected chi connectivity index (χ3v) is 5.79. The highest BCUT2D eigenvalue weighted by Crippen LogP contribution is 2.44. The van der Waals surface area contributed by atoms with Crippen molar-refractivity contribution in [3.63, 3.8) is 0 Å². The minimum Gasteiger partial charge on any atom is -0.480 e. The molecule has 0 heterocycles. The van der Waals surface area contributed by atoms with Gasteiger partial charge in [0, 0.05) is 26.1 Å². The number of aliphatic carboxylic acids is 1. The number of amides is 2. The second kappa shape index (κ2) is 11.0. The molecular formula is C25H30N2O6. The number of hydrogen-bond acceptors (Lipinski definition) is 5. The van der Waals surface area contributed by atoms with Crippen molar-refractivity contribution in [2.75, 3.05) is 20.3 Å². The molecule has 2 amide bonds. The normalized spacial score (nSPS) is 14.2. The van der Waals surface area contributed by atoms with Crippen LogP contribution < -0.4 is 10.6 Å². The third kappa shape index (κ3) is 5.70. The summed E-state index contributed by atoms with van der Waals surface area (Å²) >= 11 is 0. The van der Waals surface area contributed by atoms with Gasteiger partial charge in [-0.3, -0.25) is 4.79 Å². The summed E-state index contributed by atoms with van der Waals surface area (Å²) in [5, 5.41) is 14.4. The Morgan fingerprint density at radius 3 is 2.06 bits per heavy atom. The molecule has 0 aromatic heterocycles. The summed E-state index contributed by atoms with van der Waals surface area (Å²) in [5.41, 5.74) is 4.42. The van der Waals surface area contributed by atoms with Gasteiger partial charge in [-0.1, -0.05) is 62.4 Å². The number of carboxylic acid groups (broad SMARTS) is 1. The zero-order chi connectivity index (χ0) is 24.0. The molecule has 1 aliphatic rings. The molecule has 176 valence electrons. The summed E-state index contributed by atoms with van der Waals surface area (Å²) in [4.78, 5) is 36.7. The third-order valence-electron chi connectivity index (χ3n) is 5.79. The largest absolute Gasteiger partial charge is 0.480 e. The van der Waals surface area contributed by atoms with Crippen molar-refractivity contribution in [3.8, 4) is 11.1 Å². The Kier molecular flexibility index (Phi) is 8.06. The molecule has 0 fully saturated rings. The molecule has 2 unspecified atom stereocenters. The molecule has 3 rings (SSSR count). The smallest absolute Gasteiger partial charge is 0.407 e. The summed E-state index contributed by atoms with van der Waals surface area (Å²) in [6, 6.07) is 14.0. The van der Waals surface area contributed by atoms with Crippen LogP contribution >= 0.6 is 0 Å². The molecule has 0 radical (unpaired) electrons. The Hall–Kier alpha value is -3.39. The Balaban J connectivity index is 1.64. The van der Waals surface area contributed by atoms with E-state index in [9.17, 15) is 19.5 Å². The highest BCUT2D eigenvalue weighted by atomic mass is 16.5. The fraction of sp³-hybridized carbons (Fsp3) is 0.400.